The Hall–Kier alpha value is -2.65. The van der Waals surface area contributed by atoms with Gasteiger partial charge in [-0.05, 0) is 38.8 Å². The number of halogens is 1. The van der Waals surface area contributed by atoms with Gasteiger partial charge < -0.3 is 9.64 Å². The van der Waals surface area contributed by atoms with Crippen LogP contribution >= 0.6 is 11.6 Å². The molecule has 0 saturated carbocycles. The van der Waals surface area contributed by atoms with Crippen molar-refractivity contribution >= 4 is 39.4 Å². The summed E-state index contributed by atoms with van der Waals surface area (Å²) in [6, 6.07) is 7.68. The molecule has 3 rings (SSSR count). The average molecular weight is 494 g/mol. The van der Waals surface area contributed by atoms with Crippen molar-refractivity contribution in [2.24, 2.45) is 0 Å². The summed E-state index contributed by atoms with van der Waals surface area (Å²) < 4.78 is 30.1. The molecule has 0 N–H and O–H groups in total. The second kappa shape index (κ2) is 10.5. The van der Waals surface area contributed by atoms with Crippen LogP contribution in [0, 0.1) is 13.8 Å². The third kappa shape index (κ3) is 6.45. The van der Waals surface area contributed by atoms with E-state index in [1.54, 1.807) is 18.5 Å². The Morgan fingerprint density at radius 3 is 2.58 bits per heavy atom. The largest absolute Gasteiger partial charge is 0.452 e. The van der Waals surface area contributed by atoms with Crippen LogP contribution < -0.4 is 0 Å². The van der Waals surface area contributed by atoms with Crippen LogP contribution in [0.15, 0.2) is 30.3 Å². The zero-order valence-electron chi connectivity index (χ0n) is 19.0. The summed E-state index contributed by atoms with van der Waals surface area (Å²) in [4.78, 5) is 26.1. The highest BCUT2D eigenvalue weighted by molar-refractivity contribution is 7.91. The molecule has 1 saturated heterocycles. The molecular weight excluding hydrogens is 466 g/mol. The van der Waals surface area contributed by atoms with E-state index in [4.69, 9.17) is 16.3 Å². The SMILES string of the molecule is CCN(C(=O)COC(=O)/C=C/c1c(C)nn(Cc2ccc(C)cc2)c1Cl)C1CCS(=O)(=O)C1. The van der Waals surface area contributed by atoms with Crippen molar-refractivity contribution in [2.75, 3.05) is 24.7 Å². The van der Waals surface area contributed by atoms with Gasteiger partial charge >= 0.3 is 5.97 Å². The number of carbonyl (C=O) groups is 2. The molecule has 1 fully saturated rings. The van der Waals surface area contributed by atoms with Gasteiger partial charge in [0.15, 0.2) is 16.4 Å². The molecule has 0 radical (unpaired) electrons. The maximum Gasteiger partial charge on any atom is 0.331 e. The van der Waals surface area contributed by atoms with Crippen LogP contribution in [0.4, 0.5) is 0 Å². The van der Waals surface area contributed by atoms with Crippen molar-refractivity contribution in [3.63, 3.8) is 0 Å². The van der Waals surface area contributed by atoms with E-state index in [1.165, 1.54) is 17.1 Å². The number of sulfone groups is 1. The Morgan fingerprint density at radius 2 is 1.97 bits per heavy atom. The topological polar surface area (TPSA) is 98.6 Å². The number of carbonyl (C=O) groups excluding carboxylic acids is 2. The highest BCUT2D eigenvalue weighted by Gasteiger charge is 2.34. The van der Waals surface area contributed by atoms with Gasteiger partial charge in [0.25, 0.3) is 5.91 Å². The zero-order chi connectivity index (χ0) is 24.2. The normalized spacial score (nSPS) is 17.4. The summed E-state index contributed by atoms with van der Waals surface area (Å²) >= 11 is 6.47. The van der Waals surface area contributed by atoms with Crippen molar-refractivity contribution in [3.05, 3.63) is 57.9 Å². The second-order valence-electron chi connectivity index (χ2n) is 8.11. The summed E-state index contributed by atoms with van der Waals surface area (Å²) in [6.07, 6.45) is 3.13. The van der Waals surface area contributed by atoms with Crippen LogP contribution in [0.2, 0.25) is 5.15 Å². The van der Waals surface area contributed by atoms with Gasteiger partial charge in [0, 0.05) is 24.2 Å². The Labute approximate surface area is 199 Å². The Bertz CT molecular complexity index is 1160. The molecule has 8 nitrogen and oxygen atoms in total. The number of nitrogens with zero attached hydrogens (tertiary/aromatic N) is 3. The van der Waals surface area contributed by atoms with E-state index in [9.17, 15) is 18.0 Å². The predicted molar refractivity (Wildman–Crippen MR) is 127 cm³/mol. The quantitative estimate of drug-likeness (QED) is 0.414. The van der Waals surface area contributed by atoms with E-state index in [1.807, 2.05) is 31.2 Å². The van der Waals surface area contributed by atoms with E-state index >= 15 is 0 Å². The molecule has 2 aromatic rings. The fourth-order valence-corrected chi connectivity index (χ4v) is 5.83. The van der Waals surface area contributed by atoms with Crippen LogP contribution in [0.3, 0.4) is 0 Å². The lowest BCUT2D eigenvalue weighted by Crippen LogP contribution is -2.43. The van der Waals surface area contributed by atoms with Gasteiger partial charge in [-0.1, -0.05) is 41.4 Å². The fraction of sp³-hybridized carbons (Fsp3) is 0.435. The van der Waals surface area contributed by atoms with Gasteiger partial charge in [-0.15, -0.1) is 0 Å². The molecule has 33 heavy (non-hydrogen) atoms. The summed E-state index contributed by atoms with van der Waals surface area (Å²) in [6.45, 7) is 5.97. The fourth-order valence-electron chi connectivity index (χ4n) is 3.80. The first kappa shape index (κ1) is 25.0. The molecule has 0 bridgehead atoms. The number of ether oxygens (including phenoxy) is 1. The number of likely N-dealkylation sites (N-methyl/N-ethyl adjacent to an activating group) is 1. The third-order valence-corrected chi connectivity index (χ3v) is 7.75. The third-order valence-electron chi connectivity index (χ3n) is 5.60. The summed E-state index contributed by atoms with van der Waals surface area (Å²) in [5.41, 5.74) is 3.47. The van der Waals surface area contributed by atoms with Crippen molar-refractivity contribution in [2.45, 2.75) is 39.8 Å². The number of hydrogen-bond donors (Lipinski definition) is 0. The first-order valence-corrected chi connectivity index (χ1v) is 12.9. The molecule has 1 aromatic heterocycles. The van der Waals surface area contributed by atoms with E-state index in [2.05, 4.69) is 5.10 Å². The van der Waals surface area contributed by atoms with Gasteiger partial charge in [0.1, 0.15) is 5.15 Å². The van der Waals surface area contributed by atoms with Crippen LogP contribution in [0.5, 0.6) is 0 Å². The lowest BCUT2D eigenvalue weighted by Gasteiger charge is -2.26. The summed E-state index contributed by atoms with van der Waals surface area (Å²) in [7, 11) is -3.12. The zero-order valence-corrected chi connectivity index (χ0v) is 20.5. The molecule has 0 spiro atoms. The Morgan fingerprint density at radius 1 is 1.27 bits per heavy atom. The molecule has 0 aliphatic carbocycles. The summed E-state index contributed by atoms with van der Waals surface area (Å²) in [5.74, 6) is -1.09. The lowest BCUT2D eigenvalue weighted by atomic mass is 10.1. The summed E-state index contributed by atoms with van der Waals surface area (Å²) in [5, 5.41) is 4.84. The van der Waals surface area contributed by atoms with Crippen LogP contribution in [-0.2, 0) is 30.7 Å². The highest BCUT2D eigenvalue weighted by atomic mass is 35.5. The molecule has 1 unspecified atom stereocenters. The molecule has 10 heteroatoms. The minimum Gasteiger partial charge on any atom is -0.452 e. The first-order valence-electron chi connectivity index (χ1n) is 10.7. The van der Waals surface area contributed by atoms with Crippen LogP contribution in [0.25, 0.3) is 6.08 Å². The smallest absolute Gasteiger partial charge is 0.331 e. The Balaban J connectivity index is 1.58. The van der Waals surface area contributed by atoms with Gasteiger partial charge in [-0.2, -0.15) is 5.10 Å². The Kier molecular flexibility index (Phi) is 7.97. The molecule has 1 aliphatic rings. The van der Waals surface area contributed by atoms with Crippen molar-refractivity contribution in [1.29, 1.82) is 0 Å². The van der Waals surface area contributed by atoms with E-state index in [0.717, 1.165) is 11.1 Å². The van der Waals surface area contributed by atoms with Gasteiger partial charge in [-0.25, -0.2) is 17.9 Å². The molecule has 1 atom stereocenters. The number of esters is 1. The minimum atomic E-state index is -3.12. The second-order valence-corrected chi connectivity index (χ2v) is 10.7. The molecule has 178 valence electrons. The first-order chi connectivity index (χ1) is 15.6. The molecule has 1 aliphatic heterocycles. The molecule has 2 heterocycles. The van der Waals surface area contributed by atoms with Gasteiger partial charge in [-0.3, -0.25) is 4.79 Å². The maximum atomic E-state index is 12.5. The lowest BCUT2D eigenvalue weighted by molar-refractivity contribution is -0.149. The highest BCUT2D eigenvalue weighted by Crippen LogP contribution is 2.23. The number of benzene rings is 1. The van der Waals surface area contributed by atoms with Crippen molar-refractivity contribution in [1.82, 2.24) is 14.7 Å². The van der Waals surface area contributed by atoms with E-state index in [-0.39, 0.29) is 17.5 Å². The molecular formula is C23H28ClN3O5S. The number of rotatable bonds is 8. The maximum absolute atomic E-state index is 12.5. The molecule has 1 aromatic carbocycles. The van der Waals surface area contributed by atoms with E-state index in [0.29, 0.717) is 35.9 Å². The van der Waals surface area contributed by atoms with Gasteiger partial charge in [0.05, 0.1) is 23.7 Å². The number of amides is 1. The molecule has 1 amide bonds. The predicted octanol–water partition coefficient (Wildman–Crippen LogP) is 2.79. The number of hydrogen-bond acceptors (Lipinski definition) is 6. The van der Waals surface area contributed by atoms with Crippen molar-refractivity contribution in [3.8, 4) is 0 Å². The number of aromatic nitrogens is 2. The van der Waals surface area contributed by atoms with Gasteiger partial charge in [0.2, 0.25) is 0 Å². The standard InChI is InChI=1S/C23H28ClN3O5S/c1-4-26(19-11-12-33(30,31)15-19)21(28)14-32-22(29)10-9-20-17(3)25-27(23(20)24)13-18-7-5-16(2)6-8-18/h5-10,19H,4,11-15H2,1-3H3/b10-9+. The minimum absolute atomic E-state index is 0.0508. The average Bonchev–Trinajstić information content (AvgIpc) is 3.25. The van der Waals surface area contributed by atoms with Crippen LogP contribution in [0.1, 0.15) is 35.7 Å². The van der Waals surface area contributed by atoms with Crippen LogP contribution in [-0.4, -0.2) is 65.7 Å². The number of aryl methyl sites for hydroxylation is 2. The van der Waals surface area contributed by atoms with Crippen molar-refractivity contribution < 1.29 is 22.7 Å². The van der Waals surface area contributed by atoms with E-state index < -0.39 is 28.3 Å². The monoisotopic (exact) mass is 493 g/mol.